The van der Waals surface area contributed by atoms with Crippen molar-refractivity contribution in [3.8, 4) is 5.75 Å². The molecule has 0 aromatic heterocycles. The van der Waals surface area contributed by atoms with Gasteiger partial charge in [-0.3, -0.25) is 4.79 Å². The number of hydrogen-bond donors (Lipinski definition) is 2. The SMILES string of the molecule is CC(C)Oc1cccc(C(=O)NCC2(O)CCCC2)c1. The van der Waals surface area contributed by atoms with E-state index in [0.29, 0.717) is 17.9 Å². The first-order valence-corrected chi connectivity index (χ1v) is 7.26. The lowest BCUT2D eigenvalue weighted by Gasteiger charge is -2.22. The molecule has 1 aliphatic carbocycles. The molecular formula is C16H23NO3. The lowest BCUT2D eigenvalue weighted by atomic mass is 10.0. The van der Waals surface area contributed by atoms with Crippen LogP contribution in [0.2, 0.25) is 0 Å². The molecule has 1 aromatic carbocycles. The van der Waals surface area contributed by atoms with Crippen LogP contribution in [0.15, 0.2) is 24.3 Å². The summed E-state index contributed by atoms with van der Waals surface area (Å²) in [6.07, 6.45) is 3.68. The zero-order valence-electron chi connectivity index (χ0n) is 12.2. The maximum atomic E-state index is 12.1. The summed E-state index contributed by atoms with van der Waals surface area (Å²) in [4.78, 5) is 12.1. The number of rotatable bonds is 5. The fourth-order valence-electron chi connectivity index (χ4n) is 2.54. The molecule has 4 heteroatoms. The predicted octanol–water partition coefficient (Wildman–Crippen LogP) is 2.51. The van der Waals surface area contributed by atoms with E-state index in [4.69, 9.17) is 4.74 Å². The molecule has 1 amide bonds. The van der Waals surface area contributed by atoms with Gasteiger partial charge in [-0.2, -0.15) is 0 Å². The van der Waals surface area contributed by atoms with Crippen LogP contribution in [0.3, 0.4) is 0 Å². The van der Waals surface area contributed by atoms with Gasteiger partial charge in [0.15, 0.2) is 0 Å². The van der Waals surface area contributed by atoms with Crippen molar-refractivity contribution in [1.82, 2.24) is 5.32 Å². The highest BCUT2D eigenvalue weighted by atomic mass is 16.5. The Balaban J connectivity index is 1.95. The van der Waals surface area contributed by atoms with Crippen LogP contribution in [0.4, 0.5) is 0 Å². The first kappa shape index (κ1) is 14.9. The molecule has 0 spiro atoms. The molecule has 0 heterocycles. The van der Waals surface area contributed by atoms with Crippen molar-refractivity contribution in [1.29, 1.82) is 0 Å². The van der Waals surface area contributed by atoms with E-state index < -0.39 is 5.60 Å². The lowest BCUT2D eigenvalue weighted by molar-refractivity contribution is 0.0449. The fourth-order valence-corrected chi connectivity index (χ4v) is 2.54. The molecule has 1 aromatic rings. The van der Waals surface area contributed by atoms with Crippen LogP contribution in [0, 0.1) is 0 Å². The Morgan fingerprint density at radius 2 is 2.10 bits per heavy atom. The number of carbonyl (C=O) groups is 1. The summed E-state index contributed by atoms with van der Waals surface area (Å²) in [5.41, 5.74) is -0.161. The number of hydrogen-bond acceptors (Lipinski definition) is 3. The van der Waals surface area contributed by atoms with Crippen LogP contribution < -0.4 is 10.1 Å². The number of amides is 1. The van der Waals surface area contributed by atoms with Crippen molar-refractivity contribution >= 4 is 5.91 Å². The Morgan fingerprint density at radius 1 is 1.40 bits per heavy atom. The van der Waals surface area contributed by atoms with Crippen LogP contribution in [0.1, 0.15) is 49.9 Å². The van der Waals surface area contributed by atoms with E-state index in [0.717, 1.165) is 25.7 Å². The topological polar surface area (TPSA) is 58.6 Å². The second-order valence-electron chi connectivity index (χ2n) is 5.81. The van der Waals surface area contributed by atoms with E-state index in [-0.39, 0.29) is 12.0 Å². The van der Waals surface area contributed by atoms with Crippen molar-refractivity contribution in [2.24, 2.45) is 0 Å². The van der Waals surface area contributed by atoms with E-state index >= 15 is 0 Å². The normalized spacial score (nSPS) is 17.2. The van der Waals surface area contributed by atoms with Crippen molar-refractivity contribution in [2.75, 3.05) is 6.54 Å². The molecule has 1 aliphatic rings. The summed E-state index contributed by atoms with van der Waals surface area (Å²) in [6, 6.07) is 7.12. The maximum Gasteiger partial charge on any atom is 0.251 e. The molecule has 2 rings (SSSR count). The van der Waals surface area contributed by atoms with Crippen LogP contribution >= 0.6 is 0 Å². The van der Waals surface area contributed by atoms with Crippen molar-refractivity contribution in [3.63, 3.8) is 0 Å². The lowest BCUT2D eigenvalue weighted by Crippen LogP contribution is -2.40. The quantitative estimate of drug-likeness (QED) is 0.869. The minimum absolute atomic E-state index is 0.0764. The number of aliphatic hydroxyl groups is 1. The molecular weight excluding hydrogens is 254 g/mol. The summed E-state index contributed by atoms with van der Waals surface area (Å²) in [5, 5.41) is 13.0. The third kappa shape index (κ3) is 3.97. The Kier molecular flexibility index (Phi) is 4.65. The predicted molar refractivity (Wildman–Crippen MR) is 78.0 cm³/mol. The van der Waals surface area contributed by atoms with E-state index in [2.05, 4.69) is 5.32 Å². The van der Waals surface area contributed by atoms with Crippen molar-refractivity contribution in [2.45, 2.75) is 51.2 Å². The molecule has 1 saturated carbocycles. The van der Waals surface area contributed by atoms with Crippen molar-refractivity contribution < 1.29 is 14.6 Å². The minimum Gasteiger partial charge on any atom is -0.491 e. The third-order valence-electron chi connectivity index (χ3n) is 3.58. The van der Waals surface area contributed by atoms with Gasteiger partial charge in [-0.25, -0.2) is 0 Å². The van der Waals surface area contributed by atoms with E-state index in [1.165, 1.54) is 0 Å². The Bertz CT molecular complexity index is 465. The van der Waals surface area contributed by atoms with Gasteiger partial charge in [0.1, 0.15) is 5.75 Å². The van der Waals surface area contributed by atoms with Gasteiger partial charge >= 0.3 is 0 Å². The Hall–Kier alpha value is -1.55. The number of ether oxygens (including phenoxy) is 1. The molecule has 110 valence electrons. The molecule has 4 nitrogen and oxygen atoms in total. The zero-order chi connectivity index (χ0) is 14.6. The van der Waals surface area contributed by atoms with Gasteiger partial charge in [0, 0.05) is 12.1 Å². The van der Waals surface area contributed by atoms with E-state index in [1.807, 2.05) is 19.9 Å². The number of benzene rings is 1. The van der Waals surface area contributed by atoms with Crippen LogP contribution in [0.25, 0.3) is 0 Å². The van der Waals surface area contributed by atoms with Gasteiger partial charge < -0.3 is 15.2 Å². The molecule has 2 N–H and O–H groups in total. The maximum absolute atomic E-state index is 12.1. The molecule has 0 unspecified atom stereocenters. The van der Waals surface area contributed by atoms with E-state index in [1.54, 1.807) is 18.2 Å². The van der Waals surface area contributed by atoms with Gasteiger partial charge in [0.2, 0.25) is 0 Å². The highest BCUT2D eigenvalue weighted by Gasteiger charge is 2.31. The van der Waals surface area contributed by atoms with Gasteiger partial charge in [-0.05, 0) is 44.9 Å². The second kappa shape index (κ2) is 6.27. The molecule has 20 heavy (non-hydrogen) atoms. The number of carbonyl (C=O) groups excluding carboxylic acids is 1. The number of nitrogens with one attached hydrogen (secondary N) is 1. The summed E-state index contributed by atoms with van der Waals surface area (Å²) in [6.45, 7) is 4.21. The monoisotopic (exact) mass is 277 g/mol. The summed E-state index contributed by atoms with van der Waals surface area (Å²) < 4.78 is 5.57. The Labute approximate surface area is 120 Å². The summed E-state index contributed by atoms with van der Waals surface area (Å²) in [7, 11) is 0. The standard InChI is InChI=1S/C16H23NO3/c1-12(2)20-14-7-5-6-13(10-14)15(18)17-11-16(19)8-3-4-9-16/h5-7,10,12,19H,3-4,8-9,11H2,1-2H3,(H,17,18). The average Bonchev–Trinajstić information content (AvgIpc) is 2.83. The van der Waals surface area contributed by atoms with E-state index in [9.17, 15) is 9.90 Å². The van der Waals surface area contributed by atoms with Crippen molar-refractivity contribution in [3.05, 3.63) is 29.8 Å². The zero-order valence-corrected chi connectivity index (χ0v) is 12.2. The summed E-state index contributed by atoms with van der Waals surface area (Å²) in [5.74, 6) is 0.520. The third-order valence-corrected chi connectivity index (χ3v) is 3.58. The van der Waals surface area contributed by atoms with Gasteiger partial charge in [-0.1, -0.05) is 18.9 Å². The first-order valence-electron chi connectivity index (χ1n) is 7.26. The van der Waals surface area contributed by atoms with Crippen LogP contribution in [0.5, 0.6) is 5.75 Å². The molecule has 0 aliphatic heterocycles. The van der Waals surface area contributed by atoms with Gasteiger partial charge in [-0.15, -0.1) is 0 Å². The van der Waals surface area contributed by atoms with Gasteiger partial charge in [0.05, 0.1) is 11.7 Å². The molecule has 0 radical (unpaired) electrons. The largest absolute Gasteiger partial charge is 0.491 e. The highest BCUT2D eigenvalue weighted by molar-refractivity contribution is 5.94. The van der Waals surface area contributed by atoms with Crippen LogP contribution in [-0.2, 0) is 0 Å². The second-order valence-corrected chi connectivity index (χ2v) is 5.81. The fraction of sp³-hybridized carbons (Fsp3) is 0.562. The molecule has 0 bridgehead atoms. The van der Waals surface area contributed by atoms with Crippen LogP contribution in [-0.4, -0.2) is 29.3 Å². The molecule has 0 atom stereocenters. The molecule has 1 fully saturated rings. The minimum atomic E-state index is -0.721. The highest BCUT2D eigenvalue weighted by Crippen LogP contribution is 2.28. The molecule has 0 saturated heterocycles. The average molecular weight is 277 g/mol. The smallest absolute Gasteiger partial charge is 0.251 e. The Morgan fingerprint density at radius 3 is 2.75 bits per heavy atom. The first-order chi connectivity index (χ1) is 9.48. The van der Waals surface area contributed by atoms with Gasteiger partial charge in [0.25, 0.3) is 5.91 Å². The summed E-state index contributed by atoms with van der Waals surface area (Å²) >= 11 is 0.